The predicted octanol–water partition coefficient (Wildman–Crippen LogP) is 5.02. The fourth-order valence-electron chi connectivity index (χ4n) is 4.93. The molecular formula is C21H28O3. The van der Waals surface area contributed by atoms with Gasteiger partial charge in [-0.3, -0.25) is 4.79 Å². The molecule has 0 spiro atoms. The minimum atomic E-state index is -0.351. The molecular weight excluding hydrogens is 300 g/mol. The zero-order chi connectivity index (χ0) is 17.9. The molecule has 3 aliphatic rings. The number of carbonyl (C=O) groups excluding carboxylic acids is 1. The van der Waals surface area contributed by atoms with Crippen molar-refractivity contribution in [3.63, 3.8) is 0 Å². The number of aliphatic hydroxyl groups is 1. The quantitative estimate of drug-likeness (QED) is 0.774. The second kappa shape index (κ2) is 5.37. The van der Waals surface area contributed by atoms with E-state index in [2.05, 4.69) is 20.8 Å². The van der Waals surface area contributed by atoms with E-state index >= 15 is 0 Å². The number of fused-ring (bicyclic) bond motifs is 3. The van der Waals surface area contributed by atoms with Gasteiger partial charge in [-0.15, -0.1) is 0 Å². The van der Waals surface area contributed by atoms with Gasteiger partial charge in [0.1, 0.15) is 5.76 Å². The number of hydrogen-bond acceptors (Lipinski definition) is 3. The lowest BCUT2D eigenvalue weighted by Crippen LogP contribution is -2.41. The van der Waals surface area contributed by atoms with Crippen molar-refractivity contribution in [3.05, 3.63) is 46.0 Å². The lowest BCUT2D eigenvalue weighted by Gasteiger charge is -2.50. The van der Waals surface area contributed by atoms with Crippen LogP contribution in [-0.4, -0.2) is 18.0 Å². The van der Waals surface area contributed by atoms with Crippen LogP contribution in [-0.2, 0) is 9.53 Å². The molecule has 3 nitrogen and oxygen atoms in total. The first kappa shape index (κ1) is 17.1. The molecule has 0 aromatic heterocycles. The number of carbonyl (C=O) groups is 1. The molecule has 0 bridgehead atoms. The highest BCUT2D eigenvalue weighted by Crippen LogP contribution is 2.60. The molecule has 1 fully saturated rings. The van der Waals surface area contributed by atoms with E-state index in [1.165, 1.54) is 5.57 Å². The van der Waals surface area contributed by atoms with Crippen LogP contribution in [0.1, 0.15) is 53.9 Å². The monoisotopic (exact) mass is 328 g/mol. The lowest BCUT2D eigenvalue weighted by molar-refractivity contribution is -0.115. The average molecular weight is 328 g/mol. The first-order valence-electron chi connectivity index (χ1n) is 8.85. The largest absolute Gasteiger partial charge is 0.504 e. The highest BCUT2D eigenvalue weighted by atomic mass is 16.5. The molecule has 0 saturated heterocycles. The number of allylic oxidation sites excluding steroid dienone is 6. The SMILES string of the molecule is COC1=C2C(C)(C)CCCC2(C)C2=C(O)C(=O)C(C(C)C)=CC2=C1. The molecule has 0 amide bonds. The summed E-state index contributed by atoms with van der Waals surface area (Å²) in [4.78, 5) is 12.7. The molecule has 0 aromatic rings. The van der Waals surface area contributed by atoms with E-state index in [9.17, 15) is 9.90 Å². The van der Waals surface area contributed by atoms with Crippen LogP contribution in [0.25, 0.3) is 0 Å². The maximum Gasteiger partial charge on any atom is 0.223 e. The maximum atomic E-state index is 12.7. The molecule has 1 unspecified atom stereocenters. The molecule has 0 aliphatic heterocycles. The number of Topliss-reactive ketones (excluding diaryl/α,β-unsaturated/α-hetero) is 1. The Morgan fingerprint density at radius 3 is 2.42 bits per heavy atom. The average Bonchev–Trinajstić information content (AvgIpc) is 2.48. The molecule has 1 atom stereocenters. The van der Waals surface area contributed by atoms with Gasteiger partial charge >= 0.3 is 0 Å². The maximum absolute atomic E-state index is 12.7. The smallest absolute Gasteiger partial charge is 0.223 e. The van der Waals surface area contributed by atoms with Gasteiger partial charge in [-0.1, -0.05) is 41.0 Å². The van der Waals surface area contributed by atoms with Crippen LogP contribution in [0.5, 0.6) is 0 Å². The van der Waals surface area contributed by atoms with Gasteiger partial charge < -0.3 is 9.84 Å². The summed E-state index contributed by atoms with van der Waals surface area (Å²) in [5, 5.41) is 10.8. The van der Waals surface area contributed by atoms with Crippen molar-refractivity contribution >= 4 is 5.78 Å². The summed E-state index contributed by atoms with van der Waals surface area (Å²) < 4.78 is 5.75. The van der Waals surface area contributed by atoms with E-state index in [0.29, 0.717) is 5.57 Å². The second-order valence-corrected chi connectivity index (χ2v) is 8.42. The second-order valence-electron chi connectivity index (χ2n) is 8.42. The van der Waals surface area contributed by atoms with Crippen molar-refractivity contribution in [1.82, 2.24) is 0 Å². The van der Waals surface area contributed by atoms with Crippen LogP contribution in [0, 0.1) is 16.7 Å². The van der Waals surface area contributed by atoms with Gasteiger partial charge in [0.15, 0.2) is 5.76 Å². The molecule has 3 rings (SSSR count). The van der Waals surface area contributed by atoms with Crippen LogP contribution in [0.2, 0.25) is 0 Å². The van der Waals surface area contributed by atoms with E-state index in [1.807, 2.05) is 26.0 Å². The third-order valence-electron chi connectivity index (χ3n) is 5.95. The van der Waals surface area contributed by atoms with Crippen molar-refractivity contribution < 1.29 is 14.6 Å². The van der Waals surface area contributed by atoms with Gasteiger partial charge in [-0.2, -0.15) is 0 Å². The van der Waals surface area contributed by atoms with E-state index in [4.69, 9.17) is 4.74 Å². The fourth-order valence-corrected chi connectivity index (χ4v) is 4.93. The molecule has 0 aromatic carbocycles. The van der Waals surface area contributed by atoms with Gasteiger partial charge in [0.2, 0.25) is 5.78 Å². The molecule has 1 N–H and O–H groups in total. The Morgan fingerprint density at radius 1 is 1.17 bits per heavy atom. The molecule has 24 heavy (non-hydrogen) atoms. The summed E-state index contributed by atoms with van der Waals surface area (Å²) in [6.45, 7) is 10.6. The van der Waals surface area contributed by atoms with Gasteiger partial charge in [-0.05, 0) is 47.5 Å². The number of aliphatic hydroxyl groups excluding tert-OH is 1. The Bertz CT molecular complexity index is 728. The summed E-state index contributed by atoms with van der Waals surface area (Å²) in [5.74, 6) is 0.679. The minimum Gasteiger partial charge on any atom is -0.504 e. The normalized spacial score (nSPS) is 29.2. The number of ketones is 1. The van der Waals surface area contributed by atoms with Gasteiger partial charge in [0, 0.05) is 16.6 Å². The lowest BCUT2D eigenvalue weighted by atomic mass is 9.54. The Labute approximate surface area is 144 Å². The third kappa shape index (κ3) is 2.21. The number of hydrogen-bond donors (Lipinski definition) is 1. The predicted molar refractivity (Wildman–Crippen MR) is 95.4 cm³/mol. The van der Waals surface area contributed by atoms with Crippen LogP contribution in [0.3, 0.4) is 0 Å². The molecule has 0 heterocycles. The van der Waals surface area contributed by atoms with Crippen molar-refractivity contribution in [2.24, 2.45) is 16.7 Å². The summed E-state index contributed by atoms with van der Waals surface area (Å²) in [6, 6.07) is 0. The summed E-state index contributed by atoms with van der Waals surface area (Å²) in [6.07, 6.45) is 7.04. The summed E-state index contributed by atoms with van der Waals surface area (Å²) >= 11 is 0. The molecule has 3 heteroatoms. The van der Waals surface area contributed by atoms with E-state index in [0.717, 1.165) is 36.2 Å². The van der Waals surface area contributed by atoms with Crippen LogP contribution in [0.4, 0.5) is 0 Å². The molecule has 0 radical (unpaired) electrons. The zero-order valence-corrected chi connectivity index (χ0v) is 15.6. The van der Waals surface area contributed by atoms with E-state index in [-0.39, 0.29) is 28.3 Å². The Kier molecular flexibility index (Phi) is 3.82. The molecule has 130 valence electrons. The van der Waals surface area contributed by atoms with Gasteiger partial charge in [0.05, 0.1) is 7.11 Å². The molecule has 3 aliphatic carbocycles. The number of ether oxygens (including phenoxy) is 1. The molecule has 1 saturated carbocycles. The third-order valence-corrected chi connectivity index (χ3v) is 5.95. The standard InChI is InChI=1S/C21H28O3/c1-12(2)14-10-13-11-15(24-6)19-20(3,4)8-7-9-21(19,5)16(13)18(23)17(14)22/h10-12,23H,7-9H2,1-6H3. The fraction of sp³-hybridized carbons (Fsp3) is 0.571. The zero-order valence-electron chi connectivity index (χ0n) is 15.6. The Balaban J connectivity index is 2.31. The number of methoxy groups -OCH3 is 1. The van der Waals surface area contributed by atoms with Gasteiger partial charge in [-0.25, -0.2) is 0 Å². The first-order chi connectivity index (χ1) is 11.1. The highest BCUT2D eigenvalue weighted by molar-refractivity contribution is 6.10. The Hall–Kier alpha value is -1.77. The Morgan fingerprint density at radius 2 is 1.83 bits per heavy atom. The first-order valence-corrected chi connectivity index (χ1v) is 8.85. The van der Waals surface area contributed by atoms with Crippen molar-refractivity contribution in [2.75, 3.05) is 7.11 Å². The van der Waals surface area contributed by atoms with Crippen molar-refractivity contribution in [2.45, 2.75) is 53.9 Å². The summed E-state index contributed by atoms with van der Waals surface area (Å²) in [5.41, 5.74) is 3.23. The highest BCUT2D eigenvalue weighted by Gasteiger charge is 2.51. The van der Waals surface area contributed by atoms with E-state index in [1.54, 1.807) is 7.11 Å². The van der Waals surface area contributed by atoms with Gasteiger partial charge in [0.25, 0.3) is 0 Å². The summed E-state index contributed by atoms with van der Waals surface area (Å²) in [7, 11) is 1.71. The van der Waals surface area contributed by atoms with Crippen molar-refractivity contribution in [3.8, 4) is 0 Å². The minimum absolute atomic E-state index is 0.0151. The van der Waals surface area contributed by atoms with Crippen LogP contribution < -0.4 is 0 Å². The number of rotatable bonds is 2. The van der Waals surface area contributed by atoms with Crippen molar-refractivity contribution in [1.29, 1.82) is 0 Å². The topological polar surface area (TPSA) is 46.5 Å². The van der Waals surface area contributed by atoms with Crippen LogP contribution in [0.15, 0.2) is 46.0 Å². The van der Waals surface area contributed by atoms with E-state index < -0.39 is 0 Å². The van der Waals surface area contributed by atoms with Crippen LogP contribution >= 0.6 is 0 Å².